The summed E-state index contributed by atoms with van der Waals surface area (Å²) in [5.41, 5.74) is 1.99. The predicted octanol–water partition coefficient (Wildman–Crippen LogP) is 2.40. The molecule has 1 aromatic carbocycles. The van der Waals surface area contributed by atoms with Crippen molar-refractivity contribution in [2.45, 2.75) is 6.92 Å². The number of aromatic nitrogens is 2. The molecule has 0 fully saturated rings. The van der Waals surface area contributed by atoms with Crippen LogP contribution in [0.15, 0.2) is 24.4 Å². The quantitative estimate of drug-likeness (QED) is 0.715. The topological polar surface area (TPSA) is 35.0 Å². The molecular formula is C12H10FIrN2O-. The minimum absolute atomic E-state index is 0. The van der Waals surface area contributed by atoms with E-state index in [2.05, 4.69) is 16.0 Å². The molecule has 5 heteroatoms. The van der Waals surface area contributed by atoms with Gasteiger partial charge in [0, 0.05) is 37.8 Å². The Hall–Kier alpha value is -1.32. The minimum Gasteiger partial charge on any atom is -0.486 e. The maximum atomic E-state index is 12.8. The minimum atomic E-state index is -0.331. The van der Waals surface area contributed by atoms with Crippen molar-refractivity contribution in [3.05, 3.63) is 42.0 Å². The van der Waals surface area contributed by atoms with Crippen molar-refractivity contribution in [2.75, 3.05) is 7.11 Å². The SMILES string of the molecule is COc1nc(C)cnc1-c1[c-]cc(F)cc1.[Ir]. The van der Waals surface area contributed by atoms with Crippen molar-refractivity contribution in [1.29, 1.82) is 0 Å². The maximum Gasteiger partial charge on any atom is 0.194 e. The Labute approximate surface area is 112 Å². The van der Waals surface area contributed by atoms with Crippen LogP contribution in [0.5, 0.6) is 5.88 Å². The molecule has 91 valence electrons. The molecule has 3 nitrogen and oxygen atoms in total. The monoisotopic (exact) mass is 410 g/mol. The Balaban J connectivity index is 0.00000144. The van der Waals surface area contributed by atoms with E-state index in [1.54, 1.807) is 12.3 Å². The molecule has 0 spiro atoms. The van der Waals surface area contributed by atoms with Crippen LogP contribution in [0, 0.1) is 18.8 Å². The van der Waals surface area contributed by atoms with Gasteiger partial charge in [0.25, 0.3) is 0 Å². The van der Waals surface area contributed by atoms with Crippen molar-refractivity contribution in [1.82, 2.24) is 9.97 Å². The first-order valence-corrected chi connectivity index (χ1v) is 4.76. The maximum absolute atomic E-state index is 12.8. The number of nitrogens with zero attached hydrogens (tertiary/aromatic N) is 2. The third-order valence-corrected chi connectivity index (χ3v) is 2.08. The molecule has 0 aliphatic heterocycles. The van der Waals surface area contributed by atoms with E-state index in [-0.39, 0.29) is 25.9 Å². The normalized spacial score (nSPS) is 9.59. The van der Waals surface area contributed by atoms with E-state index >= 15 is 0 Å². The number of ether oxygens (including phenoxy) is 1. The summed E-state index contributed by atoms with van der Waals surface area (Å²) in [6, 6.07) is 7.00. The third-order valence-electron chi connectivity index (χ3n) is 2.08. The molecule has 2 rings (SSSR count). The molecule has 0 aliphatic carbocycles. The number of hydrogen-bond donors (Lipinski definition) is 0. The van der Waals surface area contributed by atoms with E-state index in [9.17, 15) is 4.39 Å². The Morgan fingerprint density at radius 3 is 2.71 bits per heavy atom. The molecule has 0 N–H and O–H groups in total. The van der Waals surface area contributed by atoms with Gasteiger partial charge in [-0.05, 0) is 6.92 Å². The van der Waals surface area contributed by atoms with Gasteiger partial charge in [0.2, 0.25) is 0 Å². The van der Waals surface area contributed by atoms with Gasteiger partial charge in [-0.2, -0.15) is 0 Å². The molecule has 1 heterocycles. The first-order chi connectivity index (χ1) is 7.70. The zero-order valence-electron chi connectivity index (χ0n) is 9.32. The van der Waals surface area contributed by atoms with Gasteiger partial charge in [0.15, 0.2) is 5.88 Å². The molecular weight excluding hydrogens is 399 g/mol. The summed E-state index contributed by atoms with van der Waals surface area (Å²) >= 11 is 0. The van der Waals surface area contributed by atoms with Crippen molar-refractivity contribution in [2.24, 2.45) is 0 Å². The Morgan fingerprint density at radius 2 is 2.12 bits per heavy atom. The molecule has 0 saturated heterocycles. The molecule has 0 atom stereocenters. The van der Waals surface area contributed by atoms with Gasteiger partial charge in [0.05, 0.1) is 12.8 Å². The summed E-state index contributed by atoms with van der Waals surface area (Å²) in [5, 5.41) is 0. The number of methoxy groups -OCH3 is 1. The van der Waals surface area contributed by atoms with Crippen LogP contribution < -0.4 is 4.74 Å². The van der Waals surface area contributed by atoms with Crippen LogP contribution in [0.1, 0.15) is 5.69 Å². The van der Waals surface area contributed by atoms with E-state index in [1.165, 1.54) is 19.2 Å². The molecule has 0 aliphatic rings. The fourth-order valence-corrected chi connectivity index (χ4v) is 1.34. The van der Waals surface area contributed by atoms with Gasteiger partial charge in [-0.15, -0.1) is 29.8 Å². The fraction of sp³-hybridized carbons (Fsp3) is 0.167. The molecule has 0 saturated carbocycles. The van der Waals surface area contributed by atoms with Crippen LogP contribution in [0.2, 0.25) is 0 Å². The second-order valence-electron chi connectivity index (χ2n) is 3.29. The van der Waals surface area contributed by atoms with Crippen LogP contribution in [-0.2, 0) is 20.1 Å². The molecule has 0 amide bonds. The molecule has 1 radical (unpaired) electrons. The van der Waals surface area contributed by atoms with Crippen molar-refractivity contribution >= 4 is 0 Å². The summed E-state index contributed by atoms with van der Waals surface area (Å²) in [7, 11) is 1.52. The van der Waals surface area contributed by atoms with Crippen molar-refractivity contribution < 1.29 is 29.2 Å². The van der Waals surface area contributed by atoms with E-state index in [0.29, 0.717) is 17.1 Å². The first-order valence-electron chi connectivity index (χ1n) is 4.76. The van der Waals surface area contributed by atoms with E-state index in [1.807, 2.05) is 6.92 Å². The van der Waals surface area contributed by atoms with Crippen LogP contribution in [-0.4, -0.2) is 17.1 Å². The van der Waals surface area contributed by atoms with Gasteiger partial charge in [-0.3, -0.25) is 9.37 Å². The van der Waals surface area contributed by atoms with Crippen LogP contribution >= 0.6 is 0 Å². The molecule has 1 aromatic heterocycles. The number of rotatable bonds is 2. The van der Waals surface area contributed by atoms with E-state index < -0.39 is 0 Å². The zero-order valence-corrected chi connectivity index (χ0v) is 11.7. The van der Waals surface area contributed by atoms with Gasteiger partial charge in [-0.1, -0.05) is 0 Å². The molecule has 2 aromatic rings. The second-order valence-corrected chi connectivity index (χ2v) is 3.29. The summed E-state index contributed by atoms with van der Waals surface area (Å²) in [6.45, 7) is 1.83. The van der Waals surface area contributed by atoms with Crippen LogP contribution in [0.4, 0.5) is 4.39 Å². The van der Waals surface area contributed by atoms with Crippen LogP contribution in [0.3, 0.4) is 0 Å². The standard InChI is InChI=1S/C12H10FN2O.Ir/c1-8-7-14-11(12(15-8)16-2)9-3-5-10(13)6-4-9;/h3,5-7H,1-2H3;/q-1;. The average molecular weight is 409 g/mol. The third kappa shape index (κ3) is 3.08. The summed E-state index contributed by atoms with van der Waals surface area (Å²) in [4.78, 5) is 8.40. The summed E-state index contributed by atoms with van der Waals surface area (Å²) in [5.74, 6) is 0.0886. The van der Waals surface area contributed by atoms with Crippen molar-refractivity contribution in [3.8, 4) is 17.1 Å². The Morgan fingerprint density at radius 1 is 1.35 bits per heavy atom. The second kappa shape index (κ2) is 5.84. The molecule has 17 heavy (non-hydrogen) atoms. The number of halogens is 1. The van der Waals surface area contributed by atoms with E-state index in [4.69, 9.17) is 4.74 Å². The average Bonchev–Trinajstić information content (AvgIpc) is 2.30. The largest absolute Gasteiger partial charge is 0.486 e. The number of benzene rings is 1. The Kier molecular flexibility index (Phi) is 4.72. The van der Waals surface area contributed by atoms with Crippen molar-refractivity contribution in [3.63, 3.8) is 0 Å². The predicted molar refractivity (Wildman–Crippen MR) is 57.6 cm³/mol. The Bertz CT molecular complexity index is 502. The fourth-order valence-electron chi connectivity index (χ4n) is 1.34. The van der Waals surface area contributed by atoms with Gasteiger partial charge < -0.3 is 4.74 Å². The van der Waals surface area contributed by atoms with Gasteiger partial charge >= 0.3 is 0 Å². The smallest absolute Gasteiger partial charge is 0.194 e. The first kappa shape index (κ1) is 13.7. The molecule has 0 bridgehead atoms. The number of hydrogen-bond acceptors (Lipinski definition) is 3. The van der Waals surface area contributed by atoms with Gasteiger partial charge in [0.1, 0.15) is 0 Å². The molecule has 0 unspecified atom stereocenters. The zero-order chi connectivity index (χ0) is 11.5. The summed E-state index contributed by atoms with van der Waals surface area (Å²) < 4.78 is 17.9. The summed E-state index contributed by atoms with van der Waals surface area (Å²) in [6.07, 6.45) is 1.63. The van der Waals surface area contributed by atoms with Gasteiger partial charge in [-0.25, -0.2) is 4.98 Å². The van der Waals surface area contributed by atoms with Crippen LogP contribution in [0.25, 0.3) is 11.3 Å². The number of aryl methyl sites for hydroxylation is 1. The van der Waals surface area contributed by atoms with E-state index in [0.717, 1.165) is 5.69 Å².